The van der Waals surface area contributed by atoms with Crippen molar-refractivity contribution in [3.05, 3.63) is 133 Å². The van der Waals surface area contributed by atoms with Crippen molar-refractivity contribution in [2.75, 3.05) is 6.61 Å². The van der Waals surface area contributed by atoms with E-state index < -0.39 is 12.0 Å². The van der Waals surface area contributed by atoms with Crippen LogP contribution < -0.4 is 19.6 Å². The third-order valence-electron chi connectivity index (χ3n) is 6.08. The molecule has 0 aliphatic carbocycles. The first-order valence-electron chi connectivity index (χ1n) is 12.1. The van der Waals surface area contributed by atoms with Crippen LogP contribution in [0.25, 0.3) is 6.08 Å². The van der Waals surface area contributed by atoms with Gasteiger partial charge in [-0.2, -0.15) is 0 Å². The Balaban J connectivity index is 1.60. The lowest BCUT2D eigenvalue weighted by atomic mass is 9.96. The van der Waals surface area contributed by atoms with Crippen LogP contribution >= 0.6 is 11.3 Å². The number of allylic oxidation sites excluding steroid dienone is 1. The molecule has 3 aromatic carbocycles. The summed E-state index contributed by atoms with van der Waals surface area (Å²) in [5, 5.41) is 0. The molecule has 5 rings (SSSR count). The van der Waals surface area contributed by atoms with Gasteiger partial charge in [0.05, 0.1) is 28.5 Å². The molecule has 0 fully saturated rings. The summed E-state index contributed by atoms with van der Waals surface area (Å²) in [6.45, 7) is 4.20. The molecule has 1 unspecified atom stereocenters. The first kappa shape index (κ1) is 24.5. The van der Waals surface area contributed by atoms with Crippen molar-refractivity contribution in [2.45, 2.75) is 26.5 Å². The number of thiazole rings is 1. The molecule has 0 saturated carbocycles. The molecule has 0 amide bonds. The number of hydrogen-bond acceptors (Lipinski definition) is 6. The number of aromatic nitrogens is 1. The summed E-state index contributed by atoms with van der Waals surface area (Å²) in [5.41, 5.74) is 3.37. The number of rotatable bonds is 7. The van der Waals surface area contributed by atoms with Crippen LogP contribution in [0.5, 0.6) is 5.75 Å². The van der Waals surface area contributed by atoms with Crippen LogP contribution in [-0.4, -0.2) is 17.1 Å². The number of esters is 1. The summed E-state index contributed by atoms with van der Waals surface area (Å²) >= 11 is 1.30. The van der Waals surface area contributed by atoms with E-state index in [1.807, 2.05) is 91.0 Å². The molecule has 1 aromatic heterocycles. The van der Waals surface area contributed by atoms with Crippen LogP contribution in [0, 0.1) is 0 Å². The van der Waals surface area contributed by atoms with Crippen LogP contribution in [0.15, 0.2) is 106 Å². The zero-order valence-electron chi connectivity index (χ0n) is 20.6. The third kappa shape index (κ3) is 5.04. The number of benzene rings is 3. The Bertz CT molecular complexity index is 1640. The van der Waals surface area contributed by atoms with Gasteiger partial charge in [0.2, 0.25) is 0 Å². The Morgan fingerprint density at radius 3 is 2.41 bits per heavy atom. The predicted octanol–water partition coefficient (Wildman–Crippen LogP) is 4.38. The Labute approximate surface area is 218 Å². The second kappa shape index (κ2) is 10.8. The number of fused-ring (bicyclic) bond motifs is 1. The fraction of sp³-hybridized carbons (Fsp3) is 0.167. The summed E-state index contributed by atoms with van der Waals surface area (Å²) in [4.78, 5) is 31.9. The highest BCUT2D eigenvalue weighted by atomic mass is 32.1. The molecular formula is C30H26N2O4S. The number of nitrogens with zero attached hydrogens (tertiary/aromatic N) is 2. The minimum Gasteiger partial charge on any atom is -0.488 e. The van der Waals surface area contributed by atoms with E-state index in [-0.39, 0.29) is 12.2 Å². The maximum absolute atomic E-state index is 13.8. The number of carbonyl (C=O) groups is 1. The number of hydrogen-bond donors (Lipinski definition) is 0. The van der Waals surface area contributed by atoms with Gasteiger partial charge < -0.3 is 9.47 Å². The van der Waals surface area contributed by atoms with Crippen LogP contribution in [0.3, 0.4) is 0 Å². The summed E-state index contributed by atoms with van der Waals surface area (Å²) in [7, 11) is 0. The van der Waals surface area contributed by atoms with Crippen molar-refractivity contribution in [1.82, 2.24) is 4.57 Å². The van der Waals surface area contributed by atoms with E-state index in [0.29, 0.717) is 33.0 Å². The van der Waals surface area contributed by atoms with Gasteiger partial charge in [0.15, 0.2) is 4.80 Å². The van der Waals surface area contributed by atoms with Crippen LogP contribution in [-0.2, 0) is 16.1 Å². The van der Waals surface area contributed by atoms with Gasteiger partial charge in [0.25, 0.3) is 5.56 Å². The Morgan fingerprint density at radius 2 is 1.68 bits per heavy atom. The Kier molecular flexibility index (Phi) is 7.14. The highest BCUT2D eigenvalue weighted by molar-refractivity contribution is 7.07. The van der Waals surface area contributed by atoms with Gasteiger partial charge in [-0.1, -0.05) is 90.2 Å². The second-order valence-electron chi connectivity index (χ2n) is 8.53. The van der Waals surface area contributed by atoms with Gasteiger partial charge in [0, 0.05) is 5.56 Å². The van der Waals surface area contributed by atoms with Gasteiger partial charge >= 0.3 is 5.97 Å². The molecule has 186 valence electrons. The fourth-order valence-electron chi connectivity index (χ4n) is 4.35. The van der Waals surface area contributed by atoms with Gasteiger partial charge in [0.1, 0.15) is 12.4 Å². The largest absolute Gasteiger partial charge is 0.488 e. The Hall–Kier alpha value is -4.23. The molecule has 0 radical (unpaired) electrons. The molecule has 4 aromatic rings. The molecule has 0 bridgehead atoms. The SMILES string of the molecule is CCOC(=O)C1=C(C)N=c2s/c(=C\c3ccccc3OCc3ccccc3)c(=O)n2C1c1ccccc1. The monoisotopic (exact) mass is 510 g/mol. The minimum atomic E-state index is -0.622. The van der Waals surface area contributed by atoms with Crippen molar-refractivity contribution >= 4 is 23.4 Å². The van der Waals surface area contributed by atoms with E-state index in [1.54, 1.807) is 18.4 Å². The normalized spacial score (nSPS) is 15.2. The smallest absolute Gasteiger partial charge is 0.338 e. The lowest BCUT2D eigenvalue weighted by Gasteiger charge is -2.24. The van der Waals surface area contributed by atoms with E-state index in [0.717, 1.165) is 16.7 Å². The topological polar surface area (TPSA) is 69.9 Å². The number of carbonyl (C=O) groups excluding carboxylic acids is 1. The maximum Gasteiger partial charge on any atom is 0.338 e. The molecule has 2 heterocycles. The third-order valence-corrected chi connectivity index (χ3v) is 7.06. The summed E-state index contributed by atoms with van der Waals surface area (Å²) in [5.74, 6) is 0.215. The van der Waals surface area contributed by atoms with Gasteiger partial charge in [-0.25, -0.2) is 9.79 Å². The molecule has 6 nitrogen and oxygen atoms in total. The first-order chi connectivity index (χ1) is 18.1. The Morgan fingerprint density at radius 1 is 1.00 bits per heavy atom. The molecule has 0 N–H and O–H groups in total. The number of ether oxygens (including phenoxy) is 2. The highest BCUT2D eigenvalue weighted by Gasteiger charge is 2.33. The first-order valence-corrected chi connectivity index (χ1v) is 12.9. The van der Waals surface area contributed by atoms with Crippen LogP contribution in [0.2, 0.25) is 0 Å². The van der Waals surface area contributed by atoms with E-state index >= 15 is 0 Å². The zero-order chi connectivity index (χ0) is 25.8. The highest BCUT2D eigenvalue weighted by Crippen LogP contribution is 2.30. The molecule has 7 heteroatoms. The average Bonchev–Trinajstić information content (AvgIpc) is 3.22. The van der Waals surface area contributed by atoms with Crippen LogP contribution in [0.1, 0.15) is 36.6 Å². The molecule has 1 atom stereocenters. The fourth-order valence-corrected chi connectivity index (χ4v) is 5.39. The molecule has 37 heavy (non-hydrogen) atoms. The van der Waals surface area contributed by atoms with E-state index in [2.05, 4.69) is 4.99 Å². The van der Waals surface area contributed by atoms with E-state index in [9.17, 15) is 9.59 Å². The quantitative estimate of drug-likeness (QED) is 0.346. The zero-order valence-corrected chi connectivity index (χ0v) is 21.4. The maximum atomic E-state index is 13.8. The average molecular weight is 511 g/mol. The second-order valence-corrected chi connectivity index (χ2v) is 9.53. The van der Waals surface area contributed by atoms with Gasteiger partial charge in [-0.15, -0.1) is 0 Å². The van der Waals surface area contributed by atoms with Crippen molar-refractivity contribution in [1.29, 1.82) is 0 Å². The van der Waals surface area contributed by atoms with Gasteiger partial charge in [-0.3, -0.25) is 9.36 Å². The lowest BCUT2D eigenvalue weighted by Crippen LogP contribution is -2.39. The lowest BCUT2D eigenvalue weighted by molar-refractivity contribution is -0.139. The minimum absolute atomic E-state index is 0.218. The molecule has 1 aliphatic rings. The van der Waals surface area contributed by atoms with Crippen LogP contribution in [0.4, 0.5) is 0 Å². The van der Waals surface area contributed by atoms with E-state index in [4.69, 9.17) is 9.47 Å². The number of para-hydroxylation sites is 1. The van der Waals surface area contributed by atoms with Crippen molar-refractivity contribution in [3.8, 4) is 5.75 Å². The van der Waals surface area contributed by atoms with Crippen molar-refractivity contribution in [2.24, 2.45) is 4.99 Å². The van der Waals surface area contributed by atoms with Gasteiger partial charge in [-0.05, 0) is 37.1 Å². The predicted molar refractivity (Wildman–Crippen MR) is 144 cm³/mol. The summed E-state index contributed by atoms with van der Waals surface area (Å²) < 4.78 is 13.5. The van der Waals surface area contributed by atoms with E-state index in [1.165, 1.54) is 11.3 Å². The summed E-state index contributed by atoms with van der Waals surface area (Å²) in [6.07, 6.45) is 1.83. The summed E-state index contributed by atoms with van der Waals surface area (Å²) in [6, 6.07) is 26.4. The standard InChI is InChI=1S/C30H26N2O4S/c1-3-35-29(34)26-20(2)31-30-32(27(26)22-14-8-5-9-15-22)28(33)25(37-30)18-23-16-10-11-17-24(23)36-19-21-12-6-4-7-13-21/h4-18,27H,3,19H2,1-2H3/b25-18-. The molecular weight excluding hydrogens is 484 g/mol. The van der Waals surface area contributed by atoms with Crippen molar-refractivity contribution in [3.63, 3.8) is 0 Å². The molecule has 1 aliphatic heterocycles. The molecule has 0 spiro atoms. The van der Waals surface area contributed by atoms with Crippen molar-refractivity contribution < 1.29 is 14.3 Å². The molecule has 0 saturated heterocycles.